The topological polar surface area (TPSA) is 12.5 Å². The SMILES string of the molecule is CN1[C@@H]2CC[C@H]1CC(OCc1ccccc1C(F)(F)F)C2. The van der Waals surface area contributed by atoms with Gasteiger partial charge in [0.1, 0.15) is 0 Å². The molecule has 1 unspecified atom stereocenters. The van der Waals surface area contributed by atoms with Crippen LogP contribution in [-0.4, -0.2) is 30.1 Å². The van der Waals surface area contributed by atoms with E-state index in [0.717, 1.165) is 18.9 Å². The number of fused-ring (bicyclic) bond motifs is 2. The molecule has 2 aliphatic heterocycles. The lowest BCUT2D eigenvalue weighted by Crippen LogP contribution is -2.42. The maximum absolute atomic E-state index is 12.9. The Morgan fingerprint density at radius 1 is 1.14 bits per heavy atom. The predicted molar refractivity (Wildman–Crippen MR) is 73.8 cm³/mol. The van der Waals surface area contributed by atoms with Crippen LogP contribution >= 0.6 is 0 Å². The highest BCUT2D eigenvalue weighted by Gasteiger charge is 2.39. The van der Waals surface area contributed by atoms with E-state index in [-0.39, 0.29) is 18.3 Å². The first-order valence-electron chi connectivity index (χ1n) is 7.44. The Morgan fingerprint density at radius 3 is 2.38 bits per heavy atom. The van der Waals surface area contributed by atoms with Crippen LogP contribution in [0.1, 0.15) is 36.8 Å². The Labute approximate surface area is 122 Å². The summed E-state index contributed by atoms with van der Waals surface area (Å²) >= 11 is 0. The summed E-state index contributed by atoms with van der Waals surface area (Å²) in [5.74, 6) is 0. The predicted octanol–water partition coefficient (Wildman–Crippen LogP) is 3.85. The average Bonchev–Trinajstić information content (AvgIpc) is 2.66. The number of halogens is 3. The summed E-state index contributed by atoms with van der Waals surface area (Å²) < 4.78 is 44.6. The van der Waals surface area contributed by atoms with Crippen molar-refractivity contribution >= 4 is 0 Å². The zero-order valence-electron chi connectivity index (χ0n) is 12.1. The zero-order chi connectivity index (χ0) is 15.0. The molecule has 0 saturated carbocycles. The summed E-state index contributed by atoms with van der Waals surface area (Å²) in [6, 6.07) is 6.75. The molecule has 0 N–H and O–H groups in total. The van der Waals surface area contributed by atoms with Gasteiger partial charge >= 0.3 is 6.18 Å². The van der Waals surface area contributed by atoms with Crippen molar-refractivity contribution in [3.63, 3.8) is 0 Å². The van der Waals surface area contributed by atoms with Crippen molar-refractivity contribution in [2.75, 3.05) is 7.05 Å². The van der Waals surface area contributed by atoms with Crippen molar-refractivity contribution in [2.24, 2.45) is 0 Å². The summed E-state index contributed by atoms with van der Waals surface area (Å²) in [5, 5.41) is 0. The third kappa shape index (κ3) is 3.09. The lowest BCUT2D eigenvalue weighted by molar-refractivity contribution is -0.139. The average molecular weight is 299 g/mol. The molecule has 0 radical (unpaired) electrons. The molecule has 2 bridgehead atoms. The summed E-state index contributed by atoms with van der Waals surface area (Å²) in [6.07, 6.45) is -0.00550. The third-order valence-corrected chi connectivity index (χ3v) is 4.85. The van der Waals surface area contributed by atoms with Gasteiger partial charge < -0.3 is 9.64 Å². The molecule has 0 spiro atoms. The van der Waals surface area contributed by atoms with Gasteiger partial charge in [0, 0.05) is 12.1 Å². The molecule has 0 aromatic heterocycles. The molecule has 2 nitrogen and oxygen atoms in total. The highest BCUT2D eigenvalue weighted by Crippen LogP contribution is 2.36. The highest BCUT2D eigenvalue weighted by molar-refractivity contribution is 5.29. The Bertz CT molecular complexity index is 489. The van der Waals surface area contributed by atoms with Crippen molar-refractivity contribution in [1.29, 1.82) is 0 Å². The third-order valence-electron chi connectivity index (χ3n) is 4.85. The molecule has 21 heavy (non-hydrogen) atoms. The highest BCUT2D eigenvalue weighted by atomic mass is 19.4. The molecule has 2 fully saturated rings. The lowest BCUT2D eigenvalue weighted by atomic mass is 10.0. The first-order valence-corrected chi connectivity index (χ1v) is 7.44. The Morgan fingerprint density at radius 2 is 1.76 bits per heavy atom. The fourth-order valence-corrected chi connectivity index (χ4v) is 3.63. The second-order valence-electron chi connectivity index (χ2n) is 6.11. The van der Waals surface area contributed by atoms with Crippen LogP contribution in [0.2, 0.25) is 0 Å². The van der Waals surface area contributed by atoms with Crippen LogP contribution in [0.4, 0.5) is 13.2 Å². The molecule has 1 aromatic rings. The Hall–Kier alpha value is -1.07. The van der Waals surface area contributed by atoms with Crippen molar-refractivity contribution < 1.29 is 17.9 Å². The molecule has 0 amide bonds. The van der Waals surface area contributed by atoms with E-state index in [1.165, 1.54) is 25.0 Å². The molecule has 3 rings (SSSR count). The molecular formula is C16H20F3NO. The fraction of sp³-hybridized carbons (Fsp3) is 0.625. The number of ether oxygens (including phenoxy) is 1. The van der Waals surface area contributed by atoms with Gasteiger partial charge in [0.2, 0.25) is 0 Å². The van der Waals surface area contributed by atoms with E-state index in [4.69, 9.17) is 4.74 Å². The second kappa shape index (κ2) is 5.61. The molecule has 116 valence electrons. The number of piperidine rings is 1. The minimum absolute atomic E-state index is 0.0451. The summed E-state index contributed by atoms with van der Waals surface area (Å²) in [6.45, 7) is 0.0451. The van der Waals surface area contributed by atoms with E-state index >= 15 is 0 Å². The first-order chi connectivity index (χ1) is 9.95. The van der Waals surface area contributed by atoms with Gasteiger partial charge in [0.25, 0.3) is 0 Å². The van der Waals surface area contributed by atoms with Crippen molar-refractivity contribution in [3.8, 4) is 0 Å². The van der Waals surface area contributed by atoms with E-state index in [0.29, 0.717) is 12.1 Å². The molecule has 0 aliphatic carbocycles. The number of rotatable bonds is 3. The molecule has 1 aromatic carbocycles. The largest absolute Gasteiger partial charge is 0.416 e. The molecule has 3 atom stereocenters. The molecule has 5 heteroatoms. The second-order valence-corrected chi connectivity index (χ2v) is 6.11. The molecule has 2 aliphatic rings. The van der Waals surface area contributed by atoms with E-state index < -0.39 is 11.7 Å². The van der Waals surface area contributed by atoms with Crippen LogP contribution < -0.4 is 0 Å². The van der Waals surface area contributed by atoms with E-state index in [9.17, 15) is 13.2 Å². The minimum atomic E-state index is -4.31. The van der Waals surface area contributed by atoms with Crippen LogP contribution in [0.15, 0.2) is 24.3 Å². The summed E-state index contributed by atoms with van der Waals surface area (Å²) in [4.78, 5) is 2.39. The van der Waals surface area contributed by atoms with Gasteiger partial charge in [0.05, 0.1) is 18.3 Å². The van der Waals surface area contributed by atoms with Crippen LogP contribution in [0, 0.1) is 0 Å². The lowest BCUT2D eigenvalue weighted by Gasteiger charge is -2.36. The quantitative estimate of drug-likeness (QED) is 0.840. The van der Waals surface area contributed by atoms with Gasteiger partial charge in [-0.15, -0.1) is 0 Å². The van der Waals surface area contributed by atoms with E-state index in [2.05, 4.69) is 11.9 Å². The Kier molecular flexibility index (Phi) is 3.97. The van der Waals surface area contributed by atoms with Crippen LogP contribution in [0.3, 0.4) is 0 Å². The Balaban J connectivity index is 1.64. The minimum Gasteiger partial charge on any atom is -0.373 e. The smallest absolute Gasteiger partial charge is 0.373 e. The van der Waals surface area contributed by atoms with Crippen molar-refractivity contribution in [3.05, 3.63) is 35.4 Å². The van der Waals surface area contributed by atoms with Gasteiger partial charge in [0.15, 0.2) is 0 Å². The summed E-state index contributed by atoms with van der Waals surface area (Å²) in [5.41, 5.74) is -0.350. The first kappa shape index (κ1) is 14.9. The van der Waals surface area contributed by atoms with E-state index in [1.54, 1.807) is 6.07 Å². The number of hydrogen-bond acceptors (Lipinski definition) is 2. The number of nitrogens with zero attached hydrogens (tertiary/aromatic N) is 1. The van der Waals surface area contributed by atoms with Gasteiger partial charge in [-0.1, -0.05) is 18.2 Å². The number of hydrogen-bond donors (Lipinski definition) is 0. The molecule has 2 heterocycles. The molecular weight excluding hydrogens is 279 g/mol. The van der Waals surface area contributed by atoms with Gasteiger partial charge in [-0.25, -0.2) is 0 Å². The maximum Gasteiger partial charge on any atom is 0.416 e. The van der Waals surface area contributed by atoms with Gasteiger partial charge in [-0.3, -0.25) is 0 Å². The van der Waals surface area contributed by atoms with Gasteiger partial charge in [-0.2, -0.15) is 13.2 Å². The monoisotopic (exact) mass is 299 g/mol. The van der Waals surface area contributed by atoms with E-state index in [1.807, 2.05) is 0 Å². The standard InChI is InChI=1S/C16H20F3NO/c1-20-12-6-7-13(20)9-14(8-12)21-10-11-4-2-3-5-15(11)16(17,18)19/h2-5,12-14H,6-10H2,1H3/t12-,13+,14?. The van der Waals surface area contributed by atoms with Crippen molar-refractivity contribution in [2.45, 2.75) is 56.7 Å². The molecule has 2 saturated heterocycles. The van der Waals surface area contributed by atoms with Crippen molar-refractivity contribution in [1.82, 2.24) is 4.90 Å². The normalized spacial score (nSPS) is 29.8. The van der Waals surface area contributed by atoms with Crippen LogP contribution in [0.5, 0.6) is 0 Å². The van der Waals surface area contributed by atoms with Crippen LogP contribution in [-0.2, 0) is 17.5 Å². The number of benzene rings is 1. The maximum atomic E-state index is 12.9. The van der Waals surface area contributed by atoms with Gasteiger partial charge in [-0.05, 0) is 44.4 Å². The van der Waals surface area contributed by atoms with Crippen LogP contribution in [0.25, 0.3) is 0 Å². The summed E-state index contributed by atoms with van der Waals surface area (Å²) in [7, 11) is 2.14. The fourth-order valence-electron chi connectivity index (χ4n) is 3.63. The number of alkyl halides is 3. The zero-order valence-corrected chi connectivity index (χ0v) is 12.1.